The molecule has 0 heterocycles. The van der Waals surface area contributed by atoms with Crippen LogP contribution >= 0.6 is 10.7 Å². The highest BCUT2D eigenvalue weighted by Crippen LogP contribution is 2.19. The Morgan fingerprint density at radius 3 is 2.30 bits per heavy atom. The monoisotopic (exact) mass is 359 g/mol. The quantitative estimate of drug-likeness (QED) is 0.752. The fraction of sp³-hybridized carbons (Fsp3) is 0.400. The van der Waals surface area contributed by atoms with Crippen molar-refractivity contribution < 1.29 is 21.0 Å². The smallest absolute Gasteiger partial charge is 0.260 e. The van der Waals surface area contributed by atoms with Gasteiger partial charge in [-0.2, -0.15) is 0 Å². The van der Waals surface area contributed by atoms with E-state index in [4.69, 9.17) is 10.7 Å². The first-order valence-electron chi connectivity index (χ1n) is 5.39. The zero-order valence-corrected chi connectivity index (χ0v) is 13.9. The summed E-state index contributed by atoms with van der Waals surface area (Å²) in [7, 11) is -3.87. The fourth-order valence-electron chi connectivity index (χ4n) is 1.51. The van der Waals surface area contributed by atoms with Gasteiger partial charge in [0.05, 0.1) is 9.79 Å². The third-order valence-electron chi connectivity index (χ3n) is 2.24. The topological polar surface area (TPSA) is 97.4 Å². The van der Waals surface area contributed by atoms with E-state index in [2.05, 4.69) is 4.72 Å². The van der Waals surface area contributed by atoms with E-state index in [1.807, 2.05) is 0 Å². The molecule has 0 saturated heterocycles. The highest BCUT2D eigenvalue weighted by atomic mass is 35.7. The summed E-state index contributed by atoms with van der Waals surface area (Å²) in [5.74, 6) is 0.159. The number of halogens is 1. The van der Waals surface area contributed by atoms with Gasteiger partial charge < -0.3 is 0 Å². The van der Waals surface area contributed by atoms with Gasteiger partial charge in [-0.25, -0.2) is 21.6 Å². The lowest BCUT2D eigenvalue weighted by Crippen LogP contribution is -2.36. The van der Waals surface area contributed by atoms with Crippen molar-refractivity contribution in [1.29, 1.82) is 0 Å². The van der Waals surface area contributed by atoms with Gasteiger partial charge in [0.25, 0.3) is 9.05 Å². The predicted octanol–water partition coefficient (Wildman–Crippen LogP) is 0.659. The van der Waals surface area contributed by atoms with Crippen molar-refractivity contribution in [2.24, 2.45) is 0 Å². The summed E-state index contributed by atoms with van der Waals surface area (Å²) in [4.78, 5) is -0.512. The van der Waals surface area contributed by atoms with Gasteiger partial charge in [-0.15, -0.1) is 0 Å². The van der Waals surface area contributed by atoms with E-state index < -0.39 is 35.9 Å². The van der Waals surface area contributed by atoms with Crippen molar-refractivity contribution in [3.8, 4) is 0 Å². The van der Waals surface area contributed by atoms with Crippen molar-refractivity contribution in [3.05, 3.63) is 24.3 Å². The molecule has 20 heavy (non-hydrogen) atoms. The summed E-state index contributed by atoms with van der Waals surface area (Å²) >= 11 is 0. The molecule has 0 bridgehead atoms. The minimum Gasteiger partial charge on any atom is -0.260 e. The molecule has 0 radical (unpaired) electrons. The first kappa shape index (κ1) is 17.6. The van der Waals surface area contributed by atoms with Crippen LogP contribution in [0.2, 0.25) is 0 Å². The summed E-state index contributed by atoms with van der Waals surface area (Å²) in [6.45, 7) is 1.57. The van der Waals surface area contributed by atoms with Crippen LogP contribution in [0.3, 0.4) is 0 Å². The van der Waals surface area contributed by atoms with Gasteiger partial charge >= 0.3 is 0 Å². The Bertz CT molecular complexity index is 714. The lowest BCUT2D eigenvalue weighted by molar-refractivity contribution is 0.570. The van der Waals surface area contributed by atoms with Crippen LogP contribution in [0.25, 0.3) is 0 Å². The summed E-state index contributed by atoms with van der Waals surface area (Å²) < 4.78 is 59.9. The molecule has 0 aliphatic carbocycles. The second-order valence-corrected chi connectivity index (χ2v) is 9.93. The summed E-state index contributed by atoms with van der Waals surface area (Å²) in [5, 5.41) is 0. The number of hydrogen-bond acceptors (Lipinski definition) is 5. The van der Waals surface area contributed by atoms with Crippen LogP contribution in [0.15, 0.2) is 34.1 Å². The van der Waals surface area contributed by atoms with Crippen molar-refractivity contribution in [3.63, 3.8) is 0 Å². The van der Waals surface area contributed by atoms with Crippen LogP contribution in [0.4, 0.5) is 0 Å². The van der Waals surface area contributed by atoms with Crippen LogP contribution in [0.5, 0.6) is 0 Å². The zero-order valence-electron chi connectivity index (χ0n) is 10.7. The van der Waals surface area contributed by atoms with E-state index in [9.17, 15) is 21.0 Å². The van der Waals surface area contributed by atoms with Crippen LogP contribution in [0.1, 0.15) is 6.92 Å². The van der Waals surface area contributed by atoms with Gasteiger partial charge in [0.2, 0.25) is 10.0 Å². The molecule has 6 nitrogen and oxygen atoms in total. The molecule has 0 aliphatic heterocycles. The van der Waals surface area contributed by atoms with E-state index in [-0.39, 0.29) is 15.5 Å². The van der Waals surface area contributed by atoms with Crippen molar-refractivity contribution >= 4 is 40.6 Å². The molecule has 0 spiro atoms. The second kappa shape index (κ2) is 6.52. The third kappa shape index (κ3) is 5.13. The Balaban J connectivity index is 3.08. The van der Waals surface area contributed by atoms with E-state index in [1.165, 1.54) is 24.5 Å². The molecule has 2 atom stereocenters. The molecule has 0 amide bonds. The number of sulfonamides is 1. The largest absolute Gasteiger partial charge is 0.261 e. The normalized spacial score (nSPS) is 15.8. The second-order valence-electron chi connectivity index (χ2n) is 4.17. The fourth-order valence-corrected chi connectivity index (χ4v) is 4.57. The van der Waals surface area contributed by atoms with Gasteiger partial charge in [-0.1, -0.05) is 6.07 Å². The van der Waals surface area contributed by atoms with Gasteiger partial charge in [-0.05, 0) is 25.1 Å². The first-order valence-corrected chi connectivity index (χ1v) is 10.9. The molecular formula is C10H14ClNO5S3. The van der Waals surface area contributed by atoms with Crippen LogP contribution in [-0.4, -0.2) is 39.1 Å². The Morgan fingerprint density at radius 1 is 1.25 bits per heavy atom. The molecule has 2 unspecified atom stereocenters. The van der Waals surface area contributed by atoms with Gasteiger partial charge in [-0.3, -0.25) is 4.21 Å². The standard InChI is InChI=1S/C10H14ClNO5S3/c1-8(7-18(2)13)12-20(16,17)10-5-3-4-9(6-10)19(11,14)15/h3-6,8,12H,7H2,1-2H3. The maximum atomic E-state index is 12.1. The predicted molar refractivity (Wildman–Crippen MR) is 78.2 cm³/mol. The molecule has 0 fully saturated rings. The molecule has 1 aromatic rings. The Kier molecular flexibility index (Phi) is 5.73. The Morgan fingerprint density at radius 2 is 1.80 bits per heavy atom. The third-order valence-corrected chi connectivity index (χ3v) is 6.15. The average Bonchev–Trinajstić information content (AvgIpc) is 2.26. The minimum absolute atomic E-state index is 0.159. The van der Waals surface area contributed by atoms with Gasteiger partial charge in [0, 0.05) is 39.5 Å². The molecular weight excluding hydrogens is 346 g/mol. The average molecular weight is 360 g/mol. The lowest BCUT2D eigenvalue weighted by Gasteiger charge is -2.13. The van der Waals surface area contributed by atoms with Gasteiger partial charge in [0.1, 0.15) is 0 Å². The Hall–Kier alpha value is -0.480. The molecule has 0 aromatic heterocycles. The summed E-state index contributed by atoms with van der Waals surface area (Å²) in [6, 6.07) is 4.17. The van der Waals surface area contributed by atoms with E-state index >= 15 is 0 Å². The summed E-state index contributed by atoms with van der Waals surface area (Å²) in [6.07, 6.45) is 1.46. The molecule has 114 valence electrons. The van der Waals surface area contributed by atoms with E-state index in [0.29, 0.717) is 0 Å². The highest BCUT2D eigenvalue weighted by molar-refractivity contribution is 8.13. The van der Waals surface area contributed by atoms with Crippen LogP contribution < -0.4 is 4.72 Å². The Labute approximate surface area is 125 Å². The van der Waals surface area contributed by atoms with E-state index in [1.54, 1.807) is 6.92 Å². The van der Waals surface area contributed by atoms with Gasteiger partial charge in [0.15, 0.2) is 0 Å². The number of nitrogens with one attached hydrogen (secondary N) is 1. The number of benzene rings is 1. The lowest BCUT2D eigenvalue weighted by atomic mass is 10.4. The molecule has 10 heteroatoms. The maximum Gasteiger partial charge on any atom is 0.261 e. The van der Waals surface area contributed by atoms with Crippen LogP contribution in [-0.2, 0) is 29.9 Å². The molecule has 1 N–H and O–H groups in total. The highest BCUT2D eigenvalue weighted by Gasteiger charge is 2.20. The van der Waals surface area contributed by atoms with Crippen LogP contribution in [0, 0.1) is 0 Å². The van der Waals surface area contributed by atoms with Crippen molar-refractivity contribution in [2.45, 2.75) is 22.8 Å². The SMILES string of the molecule is CC(CS(C)=O)NS(=O)(=O)c1cccc(S(=O)(=O)Cl)c1. The minimum atomic E-state index is -4.00. The molecule has 0 saturated carbocycles. The summed E-state index contributed by atoms with van der Waals surface area (Å²) in [5.41, 5.74) is 0. The zero-order chi connectivity index (χ0) is 15.6. The first-order chi connectivity index (χ1) is 9.02. The molecule has 1 rings (SSSR count). The van der Waals surface area contributed by atoms with E-state index in [0.717, 1.165) is 6.07 Å². The van der Waals surface area contributed by atoms with Crippen molar-refractivity contribution in [1.82, 2.24) is 4.72 Å². The number of rotatable bonds is 6. The molecule has 1 aromatic carbocycles. The van der Waals surface area contributed by atoms with Crippen molar-refractivity contribution in [2.75, 3.05) is 12.0 Å². The molecule has 0 aliphatic rings. The number of hydrogen-bond donors (Lipinski definition) is 1. The maximum absolute atomic E-state index is 12.1.